The first-order valence-electron chi connectivity index (χ1n) is 8.96. The van der Waals surface area contributed by atoms with Gasteiger partial charge in [-0.05, 0) is 49.9 Å². The van der Waals surface area contributed by atoms with E-state index in [4.69, 9.17) is 4.74 Å². The Morgan fingerprint density at radius 3 is 2.64 bits per heavy atom. The van der Waals surface area contributed by atoms with Crippen LogP contribution in [0.15, 0.2) is 23.8 Å². The van der Waals surface area contributed by atoms with Gasteiger partial charge < -0.3 is 14.6 Å². The van der Waals surface area contributed by atoms with Gasteiger partial charge in [0, 0.05) is 6.42 Å². The van der Waals surface area contributed by atoms with E-state index in [0.29, 0.717) is 18.4 Å². The second kappa shape index (κ2) is 6.20. The van der Waals surface area contributed by atoms with Crippen LogP contribution < -0.4 is 0 Å². The summed E-state index contributed by atoms with van der Waals surface area (Å²) in [5, 5.41) is 9.88. The Hall–Kier alpha value is -1.75. The minimum absolute atomic E-state index is 0.00782. The predicted octanol–water partition coefficient (Wildman–Crippen LogP) is 2.38. The zero-order valence-electron chi connectivity index (χ0n) is 14.9. The van der Waals surface area contributed by atoms with E-state index >= 15 is 0 Å². The van der Waals surface area contributed by atoms with Gasteiger partial charge in [-0.15, -0.1) is 0 Å². The van der Waals surface area contributed by atoms with Crippen molar-refractivity contribution in [3.8, 4) is 0 Å². The predicted molar refractivity (Wildman–Crippen MR) is 91.5 cm³/mol. The summed E-state index contributed by atoms with van der Waals surface area (Å²) in [5.74, 6) is -0.378. The minimum atomic E-state index is -0.940. The van der Waals surface area contributed by atoms with Crippen LogP contribution in [-0.2, 0) is 19.1 Å². The molecule has 1 aliphatic heterocycles. The number of Topliss-reactive ketones (excluding diaryl/α,β-unsaturated/α-hetero) is 1. The molecule has 5 heteroatoms. The topological polar surface area (TPSA) is 80.7 Å². The van der Waals surface area contributed by atoms with Crippen LogP contribution in [0.3, 0.4) is 0 Å². The van der Waals surface area contributed by atoms with Crippen molar-refractivity contribution < 1.29 is 24.2 Å². The summed E-state index contributed by atoms with van der Waals surface area (Å²) in [7, 11) is 0. The third-order valence-electron chi connectivity index (χ3n) is 6.84. The fourth-order valence-electron chi connectivity index (χ4n) is 5.23. The number of rotatable bonds is 3. The molecule has 0 bridgehead atoms. The maximum Gasteiger partial charge on any atom is 0.336 e. The van der Waals surface area contributed by atoms with Gasteiger partial charge in [0.25, 0.3) is 0 Å². The highest BCUT2D eigenvalue weighted by Crippen LogP contribution is 2.60. The molecule has 2 saturated carbocycles. The lowest BCUT2D eigenvalue weighted by atomic mass is 9.46. The molecule has 0 aromatic heterocycles. The average molecular weight is 346 g/mol. The number of hydrogen-bond acceptors (Lipinski definition) is 5. The summed E-state index contributed by atoms with van der Waals surface area (Å²) >= 11 is 0. The summed E-state index contributed by atoms with van der Waals surface area (Å²) in [6.07, 6.45) is 4.97. The number of ketones is 1. The summed E-state index contributed by atoms with van der Waals surface area (Å²) in [6.45, 7) is 8.15. The monoisotopic (exact) mass is 346 g/mol. The second-order valence-corrected chi connectivity index (χ2v) is 8.14. The Bertz CT molecular complexity index is 663. The molecule has 136 valence electrons. The molecule has 5 nitrogen and oxygen atoms in total. The SMILES string of the molecule is C=C1CCC2[C@@](C)(CCC(=O)[C@@]2(C)C=O)C1CC=C1C(=O)OC[C@H]1O. The third kappa shape index (κ3) is 2.69. The van der Waals surface area contributed by atoms with Crippen LogP contribution in [0.1, 0.15) is 46.0 Å². The number of hydrogen-bond donors (Lipinski definition) is 1. The van der Waals surface area contributed by atoms with Gasteiger partial charge in [-0.25, -0.2) is 4.79 Å². The molecule has 0 amide bonds. The van der Waals surface area contributed by atoms with Gasteiger partial charge >= 0.3 is 5.97 Å². The fraction of sp³-hybridized carbons (Fsp3) is 0.650. The Morgan fingerprint density at radius 1 is 1.32 bits per heavy atom. The quantitative estimate of drug-likeness (QED) is 0.279. The zero-order chi connectivity index (χ0) is 18.4. The number of cyclic esters (lactones) is 1. The number of aldehydes is 1. The molecule has 0 spiro atoms. The van der Waals surface area contributed by atoms with Gasteiger partial charge in [-0.3, -0.25) is 4.79 Å². The van der Waals surface area contributed by atoms with Crippen LogP contribution in [0.25, 0.3) is 0 Å². The number of aliphatic hydroxyl groups excluding tert-OH is 1. The third-order valence-corrected chi connectivity index (χ3v) is 6.84. The molecule has 2 aliphatic carbocycles. The van der Waals surface area contributed by atoms with E-state index in [-0.39, 0.29) is 29.6 Å². The lowest BCUT2D eigenvalue weighted by molar-refractivity contribution is -0.151. The van der Waals surface area contributed by atoms with Gasteiger partial charge in [0.05, 0.1) is 11.0 Å². The van der Waals surface area contributed by atoms with Gasteiger partial charge in [-0.2, -0.15) is 0 Å². The number of allylic oxidation sites excluding steroid dienone is 2. The normalized spacial score (nSPS) is 43.1. The van der Waals surface area contributed by atoms with Crippen LogP contribution in [0, 0.1) is 22.7 Å². The standard InChI is InChI=1S/C20H26O5/c1-12-4-7-16-19(2,9-8-17(23)20(16,3)11-21)14(12)6-5-13-15(22)10-25-18(13)24/h5,11,14-16,22H,1,4,6-10H2,2-3H3/t14?,15-,16?,19+,20+/m1/s1. The molecule has 0 radical (unpaired) electrons. The van der Waals surface area contributed by atoms with Gasteiger partial charge in [0.2, 0.25) is 0 Å². The summed E-state index contributed by atoms with van der Waals surface area (Å²) in [5.41, 5.74) is 0.247. The van der Waals surface area contributed by atoms with Crippen molar-refractivity contribution in [2.75, 3.05) is 6.61 Å². The molecule has 3 fully saturated rings. The Labute approximate surface area is 148 Å². The van der Waals surface area contributed by atoms with Gasteiger partial charge in [0.15, 0.2) is 0 Å². The van der Waals surface area contributed by atoms with E-state index in [0.717, 1.165) is 31.1 Å². The Morgan fingerprint density at radius 2 is 2.04 bits per heavy atom. The molecular formula is C20H26O5. The summed E-state index contributed by atoms with van der Waals surface area (Å²) < 4.78 is 4.87. The van der Waals surface area contributed by atoms with E-state index in [1.807, 2.05) is 0 Å². The van der Waals surface area contributed by atoms with E-state index in [9.17, 15) is 19.5 Å². The van der Waals surface area contributed by atoms with Crippen LogP contribution in [0.2, 0.25) is 0 Å². The van der Waals surface area contributed by atoms with Crippen molar-refractivity contribution in [1.29, 1.82) is 0 Å². The van der Waals surface area contributed by atoms with E-state index in [2.05, 4.69) is 13.5 Å². The molecular weight excluding hydrogens is 320 g/mol. The molecule has 0 aromatic rings. The van der Waals surface area contributed by atoms with Crippen molar-refractivity contribution in [2.45, 2.75) is 52.1 Å². The number of carbonyl (C=O) groups is 3. The first kappa shape index (κ1) is 18.1. The van der Waals surface area contributed by atoms with Crippen LogP contribution in [0.4, 0.5) is 0 Å². The summed E-state index contributed by atoms with van der Waals surface area (Å²) in [6, 6.07) is 0. The summed E-state index contributed by atoms with van der Waals surface area (Å²) in [4.78, 5) is 35.9. The molecule has 3 rings (SSSR count). The van der Waals surface area contributed by atoms with Crippen LogP contribution in [-0.4, -0.2) is 35.9 Å². The van der Waals surface area contributed by atoms with Crippen LogP contribution in [0.5, 0.6) is 0 Å². The average Bonchev–Trinajstić information content (AvgIpc) is 2.89. The lowest BCUT2D eigenvalue weighted by Gasteiger charge is -2.56. The van der Waals surface area contributed by atoms with E-state index in [1.165, 1.54) is 0 Å². The fourth-order valence-corrected chi connectivity index (χ4v) is 5.23. The molecule has 2 unspecified atom stereocenters. The molecule has 0 aromatic carbocycles. The van der Waals surface area contributed by atoms with Crippen molar-refractivity contribution in [3.05, 3.63) is 23.8 Å². The van der Waals surface area contributed by atoms with Gasteiger partial charge in [-0.1, -0.05) is 25.2 Å². The highest BCUT2D eigenvalue weighted by molar-refractivity contribution is 5.99. The maximum atomic E-state index is 12.4. The van der Waals surface area contributed by atoms with Crippen molar-refractivity contribution in [1.82, 2.24) is 0 Å². The molecule has 25 heavy (non-hydrogen) atoms. The highest BCUT2D eigenvalue weighted by atomic mass is 16.6. The molecule has 1 heterocycles. The maximum absolute atomic E-state index is 12.4. The number of carbonyl (C=O) groups excluding carboxylic acids is 3. The number of ether oxygens (including phenoxy) is 1. The second-order valence-electron chi connectivity index (χ2n) is 8.14. The number of esters is 1. The molecule has 1 saturated heterocycles. The smallest absolute Gasteiger partial charge is 0.336 e. The molecule has 5 atom stereocenters. The first-order chi connectivity index (χ1) is 11.7. The van der Waals surface area contributed by atoms with Crippen molar-refractivity contribution in [2.24, 2.45) is 22.7 Å². The number of fused-ring (bicyclic) bond motifs is 1. The van der Waals surface area contributed by atoms with Crippen molar-refractivity contribution >= 4 is 18.0 Å². The Kier molecular flexibility index (Phi) is 4.48. The van der Waals surface area contributed by atoms with E-state index in [1.54, 1.807) is 13.0 Å². The molecule has 1 N–H and O–H groups in total. The highest BCUT2D eigenvalue weighted by Gasteiger charge is 2.57. The zero-order valence-corrected chi connectivity index (χ0v) is 14.9. The van der Waals surface area contributed by atoms with Crippen molar-refractivity contribution in [3.63, 3.8) is 0 Å². The molecule has 3 aliphatic rings. The lowest BCUT2D eigenvalue weighted by Crippen LogP contribution is -2.55. The van der Waals surface area contributed by atoms with Crippen LogP contribution >= 0.6 is 0 Å². The Balaban J connectivity index is 1.92. The van der Waals surface area contributed by atoms with E-state index < -0.39 is 17.5 Å². The largest absolute Gasteiger partial charge is 0.459 e. The number of aliphatic hydroxyl groups is 1. The first-order valence-corrected chi connectivity index (χ1v) is 8.96. The van der Waals surface area contributed by atoms with Gasteiger partial charge in [0.1, 0.15) is 24.8 Å². The minimum Gasteiger partial charge on any atom is -0.459 e.